The van der Waals surface area contributed by atoms with E-state index >= 15 is 0 Å². The SMILES string of the molecule is COc1nc(-c2cccc(-c3cccc(-c4ccn5c(=O)c(CN(C)C[C@@H](C)O)cnc5c4)c3Cl)c2Cl)ccc1CNC[C@H]1CCC(=O)N1. The van der Waals surface area contributed by atoms with Crippen LogP contribution in [0.3, 0.4) is 0 Å². The van der Waals surface area contributed by atoms with Crippen LogP contribution in [0.1, 0.15) is 30.9 Å². The monoisotopic (exact) mass is 700 g/mol. The molecule has 3 N–H and O–H groups in total. The van der Waals surface area contributed by atoms with E-state index in [0.717, 1.165) is 39.8 Å². The standard InChI is InChI=1S/C37H38Cl2N6O4/c1-22(46)20-44(2)21-25-18-41-32-16-23(14-15-45(32)37(25)48)27-6-4-7-28(34(27)38)29-8-5-9-30(35(29)39)31-12-10-24(36(43-31)49-3)17-40-19-26-11-13-33(47)42-26/h4-10,12,14-16,18,22,26,40,46H,11,13,17,19-21H2,1-3H3,(H,42,47)/t22-,26-/m1/s1. The third-order valence-corrected chi connectivity index (χ3v) is 9.41. The van der Waals surface area contributed by atoms with E-state index in [2.05, 4.69) is 15.6 Å². The maximum atomic E-state index is 13.2. The lowest BCUT2D eigenvalue weighted by Gasteiger charge is -2.18. The highest BCUT2D eigenvalue weighted by atomic mass is 35.5. The van der Waals surface area contributed by atoms with Gasteiger partial charge >= 0.3 is 0 Å². The fourth-order valence-corrected chi connectivity index (χ4v) is 6.90. The zero-order valence-corrected chi connectivity index (χ0v) is 29.1. The first-order valence-corrected chi connectivity index (χ1v) is 16.9. The van der Waals surface area contributed by atoms with Gasteiger partial charge in [-0.15, -0.1) is 0 Å². The molecular formula is C37H38Cl2N6O4. The summed E-state index contributed by atoms with van der Waals surface area (Å²) in [6.45, 7) is 3.75. The number of ether oxygens (including phenoxy) is 1. The van der Waals surface area contributed by atoms with Crippen molar-refractivity contribution in [2.24, 2.45) is 0 Å². The van der Waals surface area contributed by atoms with E-state index in [1.54, 1.807) is 26.4 Å². The van der Waals surface area contributed by atoms with E-state index in [0.29, 0.717) is 65.4 Å². The molecule has 0 saturated carbocycles. The topological polar surface area (TPSA) is 121 Å². The highest BCUT2D eigenvalue weighted by molar-refractivity contribution is 6.39. The number of fused-ring (bicyclic) bond motifs is 1. The summed E-state index contributed by atoms with van der Waals surface area (Å²) in [4.78, 5) is 35.9. The number of benzene rings is 2. The minimum atomic E-state index is -0.499. The second-order valence-electron chi connectivity index (χ2n) is 12.4. The van der Waals surface area contributed by atoms with Crippen LogP contribution in [0.5, 0.6) is 5.88 Å². The third kappa shape index (κ3) is 7.64. The van der Waals surface area contributed by atoms with Gasteiger partial charge in [0.1, 0.15) is 5.65 Å². The predicted molar refractivity (Wildman–Crippen MR) is 193 cm³/mol. The Kier molecular flexibility index (Phi) is 10.6. The molecule has 0 unspecified atom stereocenters. The van der Waals surface area contributed by atoms with E-state index in [1.807, 2.05) is 72.6 Å². The quantitative estimate of drug-likeness (QED) is 0.154. The van der Waals surface area contributed by atoms with E-state index < -0.39 is 6.10 Å². The zero-order chi connectivity index (χ0) is 34.7. The van der Waals surface area contributed by atoms with Crippen LogP contribution in [-0.4, -0.2) is 69.7 Å². The van der Waals surface area contributed by atoms with Crippen LogP contribution in [0.25, 0.3) is 39.2 Å². The van der Waals surface area contributed by atoms with Gasteiger partial charge in [-0.2, -0.15) is 0 Å². The smallest absolute Gasteiger partial charge is 0.262 e. The van der Waals surface area contributed by atoms with Crippen molar-refractivity contribution in [3.8, 4) is 39.4 Å². The number of halogens is 2. The van der Waals surface area contributed by atoms with Gasteiger partial charge in [0.15, 0.2) is 0 Å². The van der Waals surface area contributed by atoms with Gasteiger partial charge in [-0.05, 0) is 44.2 Å². The van der Waals surface area contributed by atoms with Crippen LogP contribution in [-0.2, 0) is 17.9 Å². The Bertz CT molecular complexity index is 2070. The molecule has 1 aliphatic heterocycles. The average Bonchev–Trinajstić information content (AvgIpc) is 3.50. The van der Waals surface area contributed by atoms with Gasteiger partial charge < -0.3 is 20.5 Å². The summed E-state index contributed by atoms with van der Waals surface area (Å²) in [5.41, 5.74) is 6.23. The van der Waals surface area contributed by atoms with Crippen molar-refractivity contribution in [2.75, 3.05) is 27.2 Å². The van der Waals surface area contributed by atoms with E-state index in [-0.39, 0.29) is 17.5 Å². The number of aliphatic hydroxyl groups excluding tert-OH is 1. The lowest BCUT2D eigenvalue weighted by atomic mass is 9.97. The summed E-state index contributed by atoms with van der Waals surface area (Å²) in [6, 6.07) is 19.2. The Balaban J connectivity index is 1.26. The Labute approximate surface area is 294 Å². The molecule has 1 amide bonds. The van der Waals surface area contributed by atoms with Crippen LogP contribution >= 0.6 is 23.2 Å². The number of aromatic nitrogens is 3. The molecule has 0 spiro atoms. The first-order valence-electron chi connectivity index (χ1n) is 16.1. The number of nitrogens with zero attached hydrogens (tertiary/aromatic N) is 4. The van der Waals surface area contributed by atoms with E-state index in [4.69, 9.17) is 32.9 Å². The van der Waals surface area contributed by atoms with Crippen molar-refractivity contribution in [2.45, 2.75) is 45.0 Å². The summed E-state index contributed by atoms with van der Waals surface area (Å²) in [7, 11) is 3.44. The number of methoxy groups -OCH3 is 1. The van der Waals surface area contributed by atoms with Crippen LogP contribution in [0.15, 0.2) is 77.9 Å². The van der Waals surface area contributed by atoms with Crippen LogP contribution in [0.4, 0.5) is 0 Å². The molecule has 2 atom stereocenters. The molecule has 1 saturated heterocycles. The van der Waals surface area contributed by atoms with Gasteiger partial charge in [0.2, 0.25) is 11.8 Å². The van der Waals surface area contributed by atoms with Gasteiger partial charge in [0.25, 0.3) is 5.56 Å². The molecule has 1 aliphatic rings. The summed E-state index contributed by atoms with van der Waals surface area (Å²) in [6.07, 6.45) is 4.19. The maximum Gasteiger partial charge on any atom is 0.262 e. The van der Waals surface area contributed by atoms with Gasteiger partial charge in [-0.3, -0.25) is 18.9 Å². The van der Waals surface area contributed by atoms with Crippen molar-refractivity contribution in [3.05, 3.63) is 105 Å². The molecule has 254 valence electrons. The van der Waals surface area contributed by atoms with E-state index in [9.17, 15) is 14.7 Å². The number of aliphatic hydroxyl groups is 1. The van der Waals surface area contributed by atoms with Crippen LogP contribution in [0, 0.1) is 0 Å². The molecule has 4 heterocycles. The summed E-state index contributed by atoms with van der Waals surface area (Å²) < 4.78 is 7.16. The molecule has 3 aromatic heterocycles. The minimum Gasteiger partial charge on any atom is -0.481 e. The van der Waals surface area contributed by atoms with Crippen LogP contribution < -0.4 is 20.9 Å². The Morgan fingerprint density at radius 1 is 1.04 bits per heavy atom. The molecule has 12 heteroatoms. The van der Waals surface area contributed by atoms with Gasteiger partial charge in [-0.1, -0.05) is 65.7 Å². The second-order valence-corrected chi connectivity index (χ2v) is 13.2. The number of amides is 1. The summed E-state index contributed by atoms with van der Waals surface area (Å²) in [5, 5.41) is 17.0. The number of rotatable bonds is 12. The highest BCUT2D eigenvalue weighted by Crippen LogP contribution is 2.42. The van der Waals surface area contributed by atoms with Gasteiger partial charge in [0.05, 0.1) is 34.5 Å². The lowest BCUT2D eigenvalue weighted by Crippen LogP contribution is -2.35. The normalized spacial score (nSPS) is 15.2. The number of pyridine rings is 2. The fourth-order valence-electron chi connectivity index (χ4n) is 6.24. The number of likely N-dealkylation sites (N-methyl/N-ethyl adjacent to an activating group) is 1. The molecule has 6 rings (SSSR count). The molecule has 10 nitrogen and oxygen atoms in total. The third-order valence-electron chi connectivity index (χ3n) is 8.60. The Morgan fingerprint density at radius 2 is 1.76 bits per heavy atom. The van der Waals surface area contributed by atoms with Crippen molar-refractivity contribution < 1.29 is 14.6 Å². The van der Waals surface area contributed by atoms with Gasteiger partial charge in [-0.25, -0.2) is 9.97 Å². The Hall–Kier alpha value is -4.32. The molecular weight excluding hydrogens is 663 g/mol. The molecule has 2 aromatic carbocycles. The zero-order valence-electron chi connectivity index (χ0n) is 27.5. The number of carbonyl (C=O) groups excluding carboxylic acids is 1. The maximum absolute atomic E-state index is 13.2. The summed E-state index contributed by atoms with van der Waals surface area (Å²) >= 11 is 14.2. The van der Waals surface area contributed by atoms with Crippen molar-refractivity contribution in [1.29, 1.82) is 0 Å². The fraction of sp³-hybridized carbons (Fsp3) is 0.297. The highest BCUT2D eigenvalue weighted by Gasteiger charge is 2.21. The minimum absolute atomic E-state index is 0.0929. The number of hydrogen-bond acceptors (Lipinski definition) is 8. The van der Waals surface area contributed by atoms with E-state index in [1.165, 1.54) is 4.40 Å². The number of hydrogen-bond donors (Lipinski definition) is 3. The van der Waals surface area contributed by atoms with Crippen molar-refractivity contribution in [3.63, 3.8) is 0 Å². The lowest BCUT2D eigenvalue weighted by molar-refractivity contribution is -0.119. The largest absolute Gasteiger partial charge is 0.481 e. The van der Waals surface area contributed by atoms with Gasteiger partial charge in [0, 0.05) is 78.9 Å². The molecule has 5 aromatic rings. The summed E-state index contributed by atoms with van der Waals surface area (Å²) in [5.74, 6) is 0.584. The number of carbonyl (C=O) groups is 1. The van der Waals surface area contributed by atoms with Crippen LogP contribution in [0.2, 0.25) is 10.0 Å². The van der Waals surface area contributed by atoms with Crippen molar-refractivity contribution >= 4 is 34.8 Å². The Morgan fingerprint density at radius 3 is 2.45 bits per heavy atom. The molecule has 49 heavy (non-hydrogen) atoms. The van der Waals surface area contributed by atoms with Crippen molar-refractivity contribution in [1.82, 2.24) is 29.9 Å². The first kappa shape index (κ1) is 34.5. The molecule has 0 radical (unpaired) electrons. The molecule has 0 aliphatic carbocycles. The predicted octanol–water partition coefficient (Wildman–Crippen LogP) is 5.59. The molecule has 1 fully saturated rings. The second kappa shape index (κ2) is 15.1. The number of nitrogens with one attached hydrogen (secondary N) is 2. The first-order chi connectivity index (χ1) is 23.6. The average molecular weight is 702 g/mol. The molecule has 0 bridgehead atoms.